The van der Waals surface area contributed by atoms with E-state index in [1.807, 2.05) is 0 Å². The molecule has 6 heteroatoms. The second-order valence-electron chi connectivity index (χ2n) is 6.74. The molecule has 0 atom stereocenters. The van der Waals surface area contributed by atoms with Crippen LogP contribution in [0.15, 0.2) is 42.5 Å². The summed E-state index contributed by atoms with van der Waals surface area (Å²) in [4.78, 5) is 16.5. The number of carbonyl (C=O) groups is 1. The van der Waals surface area contributed by atoms with Crippen molar-refractivity contribution in [2.75, 3.05) is 31.1 Å². The second-order valence-corrected chi connectivity index (χ2v) is 6.74. The molecule has 3 nitrogen and oxygen atoms in total. The minimum Gasteiger partial charge on any atom is -0.364 e. The third-order valence-electron chi connectivity index (χ3n) is 5.01. The Morgan fingerprint density at radius 3 is 2.00 bits per heavy atom. The highest BCUT2D eigenvalue weighted by atomic mass is 35.5. The van der Waals surface area contributed by atoms with Crippen LogP contribution in [0.1, 0.15) is 28.8 Å². The fourth-order valence-corrected chi connectivity index (χ4v) is 3.51. The number of anilines is 1. The molecular weight excluding hydrogens is 358 g/mol. The standard InChI is InChI=1S/C20H20F2N2O.ClH/c21-17-12-15(20(25)14-4-2-1-3-5-14)13-18(22)19(17)24-10-8-23(9-11-24)16-6-7-16;/h1-5,12-13,16H,6-11H2;1H. The first-order chi connectivity index (χ1) is 12.1. The predicted molar refractivity (Wildman–Crippen MR) is 100 cm³/mol. The molecule has 26 heavy (non-hydrogen) atoms. The maximum atomic E-state index is 14.6. The Morgan fingerprint density at radius 1 is 0.885 bits per heavy atom. The summed E-state index contributed by atoms with van der Waals surface area (Å²) in [6.07, 6.45) is 2.47. The van der Waals surface area contributed by atoms with Crippen molar-refractivity contribution >= 4 is 23.9 Å². The van der Waals surface area contributed by atoms with Gasteiger partial charge in [0.15, 0.2) is 5.78 Å². The molecular formula is C20H21ClF2N2O. The third kappa shape index (κ3) is 3.74. The van der Waals surface area contributed by atoms with Gasteiger partial charge in [0.05, 0.1) is 0 Å². The molecule has 1 heterocycles. The summed E-state index contributed by atoms with van der Waals surface area (Å²) in [6.45, 7) is 2.87. The summed E-state index contributed by atoms with van der Waals surface area (Å²) in [5.41, 5.74) is 0.453. The van der Waals surface area contributed by atoms with Gasteiger partial charge in [-0.2, -0.15) is 0 Å². The Morgan fingerprint density at radius 2 is 1.46 bits per heavy atom. The molecule has 1 aliphatic carbocycles. The summed E-state index contributed by atoms with van der Waals surface area (Å²) >= 11 is 0. The Balaban J connectivity index is 0.00000196. The van der Waals surface area contributed by atoms with Gasteiger partial charge < -0.3 is 4.90 Å². The van der Waals surface area contributed by atoms with Crippen LogP contribution in [0.25, 0.3) is 0 Å². The Bertz CT molecular complexity index is 765. The fraction of sp³-hybridized carbons (Fsp3) is 0.350. The van der Waals surface area contributed by atoms with Crippen molar-refractivity contribution in [1.29, 1.82) is 0 Å². The molecule has 1 saturated heterocycles. The fourth-order valence-electron chi connectivity index (χ4n) is 3.51. The molecule has 0 spiro atoms. The van der Waals surface area contributed by atoms with Gasteiger partial charge in [-0.1, -0.05) is 30.3 Å². The van der Waals surface area contributed by atoms with Crippen LogP contribution in [0.5, 0.6) is 0 Å². The van der Waals surface area contributed by atoms with E-state index in [9.17, 15) is 13.6 Å². The van der Waals surface area contributed by atoms with Gasteiger partial charge in [-0.05, 0) is 25.0 Å². The van der Waals surface area contributed by atoms with E-state index in [-0.39, 0.29) is 29.4 Å². The Labute approximate surface area is 158 Å². The molecule has 138 valence electrons. The number of piperazine rings is 1. The average Bonchev–Trinajstić information content (AvgIpc) is 3.47. The molecule has 2 aromatic rings. The van der Waals surface area contributed by atoms with Gasteiger partial charge in [0.2, 0.25) is 0 Å². The Hall–Kier alpha value is -1.98. The summed E-state index contributed by atoms with van der Waals surface area (Å²) < 4.78 is 29.2. The quantitative estimate of drug-likeness (QED) is 0.754. The van der Waals surface area contributed by atoms with Crippen LogP contribution in [0, 0.1) is 11.6 Å². The molecule has 0 amide bonds. The summed E-state index contributed by atoms with van der Waals surface area (Å²) in [7, 11) is 0. The zero-order chi connectivity index (χ0) is 17.4. The van der Waals surface area contributed by atoms with E-state index in [0.717, 1.165) is 25.2 Å². The van der Waals surface area contributed by atoms with Gasteiger partial charge in [-0.3, -0.25) is 9.69 Å². The van der Waals surface area contributed by atoms with Crippen molar-refractivity contribution in [3.05, 3.63) is 65.2 Å². The molecule has 1 aliphatic heterocycles. The molecule has 0 unspecified atom stereocenters. The van der Waals surface area contributed by atoms with Crippen LogP contribution in [0.4, 0.5) is 14.5 Å². The molecule has 2 aliphatic rings. The maximum absolute atomic E-state index is 14.6. The second kappa shape index (κ2) is 7.72. The first-order valence-electron chi connectivity index (χ1n) is 8.71. The molecule has 1 saturated carbocycles. The molecule has 0 aromatic heterocycles. The smallest absolute Gasteiger partial charge is 0.193 e. The summed E-state index contributed by atoms with van der Waals surface area (Å²) in [5, 5.41) is 0. The third-order valence-corrected chi connectivity index (χ3v) is 5.01. The lowest BCUT2D eigenvalue weighted by atomic mass is 10.0. The SMILES string of the molecule is Cl.O=C(c1ccccc1)c1cc(F)c(N2CCN(C3CC3)CC2)c(F)c1. The minimum absolute atomic E-state index is 0. The molecule has 0 radical (unpaired) electrons. The highest BCUT2D eigenvalue weighted by molar-refractivity contribution is 6.09. The molecule has 4 rings (SSSR count). The maximum Gasteiger partial charge on any atom is 0.193 e. The number of hydrogen-bond acceptors (Lipinski definition) is 3. The molecule has 0 bridgehead atoms. The van der Waals surface area contributed by atoms with Crippen molar-refractivity contribution in [2.45, 2.75) is 18.9 Å². The number of rotatable bonds is 4. The molecule has 2 fully saturated rings. The lowest BCUT2D eigenvalue weighted by molar-refractivity contribution is 0.103. The number of benzene rings is 2. The number of ketones is 1. The number of hydrogen-bond donors (Lipinski definition) is 0. The number of carbonyl (C=O) groups excluding carboxylic acids is 1. The van der Waals surface area contributed by atoms with Crippen molar-refractivity contribution in [3.8, 4) is 0 Å². The lowest BCUT2D eigenvalue weighted by Crippen LogP contribution is -2.47. The van der Waals surface area contributed by atoms with E-state index in [1.165, 1.54) is 12.8 Å². The highest BCUT2D eigenvalue weighted by Crippen LogP contribution is 2.31. The van der Waals surface area contributed by atoms with E-state index in [1.54, 1.807) is 35.2 Å². The summed E-state index contributed by atoms with van der Waals surface area (Å²) in [6, 6.07) is 11.5. The number of halogens is 3. The van der Waals surface area contributed by atoms with Gasteiger partial charge in [0.25, 0.3) is 0 Å². The van der Waals surface area contributed by atoms with Crippen LogP contribution in [-0.2, 0) is 0 Å². The first kappa shape index (κ1) is 18.8. The van der Waals surface area contributed by atoms with E-state index in [2.05, 4.69) is 4.90 Å². The largest absolute Gasteiger partial charge is 0.364 e. The normalized spacial score (nSPS) is 17.7. The highest BCUT2D eigenvalue weighted by Gasteiger charge is 2.32. The zero-order valence-corrected chi connectivity index (χ0v) is 15.1. The predicted octanol–water partition coefficient (Wildman–Crippen LogP) is 3.90. The molecule has 2 aromatic carbocycles. The van der Waals surface area contributed by atoms with Crippen molar-refractivity contribution in [2.24, 2.45) is 0 Å². The van der Waals surface area contributed by atoms with E-state index >= 15 is 0 Å². The first-order valence-corrected chi connectivity index (χ1v) is 8.71. The van der Waals surface area contributed by atoms with E-state index in [4.69, 9.17) is 0 Å². The van der Waals surface area contributed by atoms with Gasteiger partial charge in [0, 0.05) is 43.3 Å². The van der Waals surface area contributed by atoms with E-state index in [0.29, 0.717) is 24.7 Å². The van der Waals surface area contributed by atoms with Crippen LogP contribution >= 0.6 is 12.4 Å². The van der Waals surface area contributed by atoms with Crippen LogP contribution < -0.4 is 4.90 Å². The average molecular weight is 379 g/mol. The zero-order valence-electron chi connectivity index (χ0n) is 14.3. The lowest BCUT2D eigenvalue weighted by Gasteiger charge is -2.36. The summed E-state index contributed by atoms with van der Waals surface area (Å²) in [5.74, 6) is -1.71. The van der Waals surface area contributed by atoms with Gasteiger partial charge >= 0.3 is 0 Å². The minimum atomic E-state index is -0.667. The van der Waals surface area contributed by atoms with Crippen molar-refractivity contribution in [1.82, 2.24) is 4.90 Å². The topological polar surface area (TPSA) is 23.6 Å². The Kier molecular flexibility index (Phi) is 5.58. The van der Waals surface area contributed by atoms with Crippen molar-refractivity contribution < 1.29 is 13.6 Å². The van der Waals surface area contributed by atoms with Gasteiger partial charge in [-0.15, -0.1) is 12.4 Å². The van der Waals surface area contributed by atoms with Crippen LogP contribution in [0.2, 0.25) is 0 Å². The van der Waals surface area contributed by atoms with Crippen LogP contribution in [-0.4, -0.2) is 42.9 Å². The van der Waals surface area contributed by atoms with E-state index < -0.39 is 11.6 Å². The van der Waals surface area contributed by atoms with Crippen molar-refractivity contribution in [3.63, 3.8) is 0 Å². The van der Waals surface area contributed by atoms with Crippen LogP contribution in [0.3, 0.4) is 0 Å². The van der Waals surface area contributed by atoms with Gasteiger partial charge in [0.1, 0.15) is 17.3 Å². The number of nitrogens with zero attached hydrogens (tertiary/aromatic N) is 2. The monoisotopic (exact) mass is 378 g/mol. The molecule has 0 N–H and O–H groups in total. The van der Waals surface area contributed by atoms with Gasteiger partial charge in [-0.25, -0.2) is 8.78 Å².